The van der Waals surface area contributed by atoms with Gasteiger partial charge >= 0.3 is 6.61 Å². The topological polar surface area (TPSA) is 77.4 Å². The largest absolute Gasteiger partial charge is 0.435 e. The highest BCUT2D eigenvalue weighted by Gasteiger charge is 2.17. The molecule has 1 aliphatic heterocycles. The summed E-state index contributed by atoms with van der Waals surface area (Å²) in [5.41, 5.74) is 3.06. The van der Waals surface area contributed by atoms with Gasteiger partial charge in [0.15, 0.2) is 0 Å². The van der Waals surface area contributed by atoms with Crippen molar-refractivity contribution in [3.05, 3.63) is 65.9 Å². The number of aryl methyl sites for hydroxylation is 1. The molecule has 7 nitrogen and oxygen atoms in total. The van der Waals surface area contributed by atoms with Gasteiger partial charge in [-0.15, -0.1) is 0 Å². The van der Waals surface area contributed by atoms with Crippen molar-refractivity contribution in [2.75, 3.05) is 25.0 Å². The van der Waals surface area contributed by atoms with Crippen molar-refractivity contribution in [1.29, 1.82) is 0 Å². The van der Waals surface area contributed by atoms with Gasteiger partial charge in [-0.1, -0.05) is 24.3 Å². The maximum Gasteiger partial charge on any atom is 0.387 e. The third-order valence-electron chi connectivity index (χ3n) is 4.94. The smallest absolute Gasteiger partial charge is 0.387 e. The van der Waals surface area contributed by atoms with E-state index >= 15 is 0 Å². The van der Waals surface area contributed by atoms with Gasteiger partial charge in [0, 0.05) is 31.4 Å². The molecule has 3 aromatic rings. The average Bonchev–Trinajstić information content (AvgIpc) is 3.16. The minimum atomic E-state index is -2.91. The number of hydrogen-bond donors (Lipinski definition) is 2. The number of halogens is 2. The predicted octanol–water partition coefficient (Wildman–Crippen LogP) is 3.60. The normalized spacial score (nSPS) is 16.3. The van der Waals surface area contributed by atoms with Crippen LogP contribution in [0.5, 0.6) is 5.75 Å². The van der Waals surface area contributed by atoms with E-state index in [2.05, 4.69) is 20.5 Å². The molecule has 0 radical (unpaired) electrons. The standard InChI is InChI=1S/C22H22F2N4O3/c1-28-19(12-18(27-28)15-3-2-4-17(11-15)31-22(23)24)21(29)26-16-7-5-14(6-8-16)20-13-25-9-10-30-20/h2-8,11-12,20,22,25H,9-10,13H2,1H3,(H,26,29)/t20-/m1/s1. The number of rotatable bonds is 6. The van der Waals surface area contributed by atoms with Gasteiger partial charge < -0.3 is 20.1 Å². The van der Waals surface area contributed by atoms with Crippen LogP contribution in [0.25, 0.3) is 11.3 Å². The Kier molecular flexibility index (Phi) is 6.24. The number of amides is 1. The number of anilines is 1. The molecule has 31 heavy (non-hydrogen) atoms. The Morgan fingerprint density at radius 2 is 2.06 bits per heavy atom. The van der Waals surface area contributed by atoms with Crippen molar-refractivity contribution in [2.45, 2.75) is 12.7 Å². The van der Waals surface area contributed by atoms with Crippen molar-refractivity contribution in [1.82, 2.24) is 15.1 Å². The second kappa shape index (κ2) is 9.23. The Balaban J connectivity index is 1.46. The third kappa shape index (κ3) is 5.07. The first kappa shape index (κ1) is 21.0. The number of morpholine rings is 1. The Hall–Kier alpha value is -3.30. The summed E-state index contributed by atoms with van der Waals surface area (Å²) in [5, 5.41) is 10.5. The molecular weight excluding hydrogens is 406 g/mol. The number of alkyl halides is 2. The quantitative estimate of drug-likeness (QED) is 0.627. The highest BCUT2D eigenvalue weighted by atomic mass is 19.3. The molecule has 1 aliphatic rings. The van der Waals surface area contributed by atoms with Crippen LogP contribution in [-0.2, 0) is 11.8 Å². The summed E-state index contributed by atoms with van der Waals surface area (Å²) in [6.45, 7) is -0.635. The van der Waals surface area contributed by atoms with Crippen LogP contribution in [0.1, 0.15) is 22.2 Å². The van der Waals surface area contributed by atoms with E-state index in [-0.39, 0.29) is 17.8 Å². The molecule has 1 fully saturated rings. The fraction of sp³-hybridized carbons (Fsp3) is 0.273. The number of carbonyl (C=O) groups excluding carboxylic acids is 1. The molecule has 0 spiro atoms. The first-order chi connectivity index (χ1) is 15.0. The Morgan fingerprint density at radius 1 is 1.26 bits per heavy atom. The van der Waals surface area contributed by atoms with Gasteiger partial charge in [0.2, 0.25) is 0 Å². The second-order valence-electron chi connectivity index (χ2n) is 7.08. The predicted molar refractivity (Wildman–Crippen MR) is 111 cm³/mol. The van der Waals surface area contributed by atoms with Crippen molar-refractivity contribution < 1.29 is 23.0 Å². The highest BCUT2D eigenvalue weighted by molar-refractivity contribution is 6.03. The Bertz CT molecular complexity index is 1050. The zero-order valence-electron chi connectivity index (χ0n) is 16.8. The summed E-state index contributed by atoms with van der Waals surface area (Å²) in [7, 11) is 1.65. The molecule has 0 saturated carbocycles. The van der Waals surface area contributed by atoms with Crippen LogP contribution in [0.2, 0.25) is 0 Å². The molecule has 162 valence electrons. The first-order valence-corrected chi connectivity index (χ1v) is 9.82. The Labute approximate surface area is 178 Å². The van der Waals surface area contributed by atoms with E-state index in [9.17, 15) is 13.6 Å². The van der Waals surface area contributed by atoms with Crippen molar-refractivity contribution in [3.63, 3.8) is 0 Å². The molecule has 1 aromatic heterocycles. The van der Waals surface area contributed by atoms with Crippen molar-refractivity contribution in [2.24, 2.45) is 7.05 Å². The number of nitrogens with zero attached hydrogens (tertiary/aromatic N) is 2. The average molecular weight is 428 g/mol. The maximum absolute atomic E-state index is 12.7. The molecular formula is C22H22F2N4O3. The van der Waals surface area contributed by atoms with E-state index in [1.807, 2.05) is 24.3 Å². The number of benzene rings is 2. The molecule has 1 amide bonds. The fourth-order valence-electron chi connectivity index (χ4n) is 3.41. The molecule has 1 atom stereocenters. The minimum Gasteiger partial charge on any atom is -0.435 e. The van der Waals surface area contributed by atoms with Crippen LogP contribution in [0.15, 0.2) is 54.6 Å². The minimum absolute atomic E-state index is 0.00273. The van der Waals surface area contributed by atoms with Gasteiger partial charge in [0.25, 0.3) is 5.91 Å². The molecule has 0 aliphatic carbocycles. The van der Waals surface area contributed by atoms with E-state index in [1.54, 1.807) is 25.2 Å². The van der Waals surface area contributed by atoms with E-state index in [0.717, 1.165) is 18.7 Å². The Morgan fingerprint density at radius 3 is 2.77 bits per heavy atom. The van der Waals surface area contributed by atoms with Gasteiger partial charge in [-0.05, 0) is 35.9 Å². The van der Waals surface area contributed by atoms with E-state index in [4.69, 9.17) is 4.74 Å². The lowest BCUT2D eigenvalue weighted by Crippen LogP contribution is -2.33. The SMILES string of the molecule is Cn1nc(-c2cccc(OC(F)F)c2)cc1C(=O)Nc1ccc([C@H]2CNCCO2)cc1. The van der Waals surface area contributed by atoms with Gasteiger partial charge in [-0.3, -0.25) is 9.48 Å². The van der Waals surface area contributed by atoms with E-state index in [0.29, 0.717) is 29.2 Å². The number of ether oxygens (including phenoxy) is 2. The van der Waals surface area contributed by atoms with Crippen LogP contribution < -0.4 is 15.4 Å². The number of aromatic nitrogens is 2. The summed E-state index contributed by atoms with van der Waals surface area (Å²) in [6.07, 6.45) is 0.00273. The lowest BCUT2D eigenvalue weighted by molar-refractivity contribution is -0.0498. The summed E-state index contributed by atoms with van der Waals surface area (Å²) in [6, 6.07) is 15.3. The monoisotopic (exact) mass is 428 g/mol. The second-order valence-corrected chi connectivity index (χ2v) is 7.08. The van der Waals surface area contributed by atoms with Crippen LogP contribution >= 0.6 is 0 Å². The lowest BCUT2D eigenvalue weighted by Gasteiger charge is -2.24. The molecule has 4 rings (SSSR count). The van der Waals surface area contributed by atoms with Crippen LogP contribution in [-0.4, -0.2) is 42.0 Å². The van der Waals surface area contributed by atoms with Crippen LogP contribution in [0, 0.1) is 0 Å². The van der Waals surface area contributed by atoms with Gasteiger partial charge in [0.05, 0.1) is 18.4 Å². The molecule has 1 saturated heterocycles. The van der Waals surface area contributed by atoms with Gasteiger partial charge in [-0.25, -0.2) is 0 Å². The summed E-state index contributed by atoms with van der Waals surface area (Å²) < 4.78 is 36.5. The van der Waals surface area contributed by atoms with E-state index in [1.165, 1.54) is 16.8 Å². The highest BCUT2D eigenvalue weighted by Crippen LogP contribution is 2.25. The number of hydrogen-bond acceptors (Lipinski definition) is 5. The number of nitrogens with one attached hydrogen (secondary N) is 2. The molecule has 2 heterocycles. The molecule has 2 N–H and O–H groups in total. The summed E-state index contributed by atoms with van der Waals surface area (Å²) >= 11 is 0. The van der Waals surface area contributed by atoms with Gasteiger partial charge in [0.1, 0.15) is 11.4 Å². The first-order valence-electron chi connectivity index (χ1n) is 9.82. The maximum atomic E-state index is 12.7. The van der Waals surface area contributed by atoms with E-state index < -0.39 is 6.61 Å². The summed E-state index contributed by atoms with van der Waals surface area (Å²) in [5.74, 6) is -0.300. The van der Waals surface area contributed by atoms with Crippen molar-refractivity contribution >= 4 is 11.6 Å². The summed E-state index contributed by atoms with van der Waals surface area (Å²) in [4.78, 5) is 12.7. The van der Waals surface area contributed by atoms with Gasteiger partial charge in [-0.2, -0.15) is 13.9 Å². The molecule has 9 heteroatoms. The fourth-order valence-corrected chi connectivity index (χ4v) is 3.41. The lowest BCUT2D eigenvalue weighted by atomic mass is 10.1. The molecule has 0 bridgehead atoms. The zero-order chi connectivity index (χ0) is 21.8. The third-order valence-corrected chi connectivity index (χ3v) is 4.94. The van der Waals surface area contributed by atoms with Crippen molar-refractivity contribution in [3.8, 4) is 17.0 Å². The number of carbonyl (C=O) groups is 1. The molecule has 0 unspecified atom stereocenters. The van der Waals surface area contributed by atoms with Crippen LogP contribution in [0.4, 0.5) is 14.5 Å². The zero-order valence-corrected chi connectivity index (χ0v) is 16.8. The van der Waals surface area contributed by atoms with Crippen LogP contribution in [0.3, 0.4) is 0 Å². The molecule has 2 aromatic carbocycles.